The van der Waals surface area contributed by atoms with E-state index >= 15 is 0 Å². The van der Waals surface area contributed by atoms with Crippen molar-refractivity contribution in [2.45, 2.75) is 18.4 Å². The zero-order valence-corrected chi connectivity index (χ0v) is 9.96. The smallest absolute Gasteiger partial charge is 0.194 e. The molecule has 0 aliphatic heterocycles. The average molecular weight is 264 g/mol. The van der Waals surface area contributed by atoms with Gasteiger partial charge in [-0.2, -0.15) is 0 Å². The summed E-state index contributed by atoms with van der Waals surface area (Å²) in [6.07, 6.45) is 0.399. The summed E-state index contributed by atoms with van der Waals surface area (Å²) >= 11 is 0. The van der Waals surface area contributed by atoms with E-state index in [1.165, 1.54) is 0 Å². The van der Waals surface area contributed by atoms with Gasteiger partial charge in [-0.25, -0.2) is 13.2 Å². The van der Waals surface area contributed by atoms with Gasteiger partial charge in [0.1, 0.15) is 5.60 Å². The van der Waals surface area contributed by atoms with Crippen molar-refractivity contribution in [2.75, 3.05) is 0 Å². The summed E-state index contributed by atoms with van der Waals surface area (Å²) in [7, 11) is 0. The van der Waals surface area contributed by atoms with Crippen LogP contribution in [0.15, 0.2) is 36.4 Å². The van der Waals surface area contributed by atoms with Crippen molar-refractivity contribution in [2.24, 2.45) is 0 Å². The summed E-state index contributed by atoms with van der Waals surface area (Å²) in [6, 6.07) is 9.28. The minimum absolute atomic E-state index is 0.192. The first-order valence-corrected chi connectivity index (χ1v) is 5.94. The molecule has 1 nitrogen and oxygen atoms in total. The summed E-state index contributed by atoms with van der Waals surface area (Å²) in [5, 5.41) is 10.6. The Labute approximate surface area is 108 Å². The number of hydrogen-bond donors (Lipinski definition) is 1. The third kappa shape index (κ3) is 1.83. The maximum absolute atomic E-state index is 13.8. The Hall–Kier alpha value is -1.81. The van der Waals surface area contributed by atoms with Crippen LogP contribution in [-0.2, 0) is 18.4 Å². The summed E-state index contributed by atoms with van der Waals surface area (Å²) in [5.41, 5.74) is 0.0911. The Morgan fingerprint density at radius 1 is 0.842 bits per heavy atom. The van der Waals surface area contributed by atoms with Gasteiger partial charge in [-0.05, 0) is 17.2 Å². The summed E-state index contributed by atoms with van der Waals surface area (Å²) < 4.78 is 40.0. The van der Waals surface area contributed by atoms with E-state index in [2.05, 4.69) is 0 Å². The van der Waals surface area contributed by atoms with E-state index in [0.29, 0.717) is 0 Å². The Morgan fingerprint density at radius 2 is 1.42 bits per heavy atom. The number of aliphatic hydroxyl groups is 1. The van der Waals surface area contributed by atoms with Crippen LogP contribution < -0.4 is 0 Å². The van der Waals surface area contributed by atoms with Gasteiger partial charge in [-0.3, -0.25) is 0 Å². The van der Waals surface area contributed by atoms with Crippen molar-refractivity contribution in [3.8, 4) is 0 Å². The monoisotopic (exact) mass is 264 g/mol. The van der Waals surface area contributed by atoms with Crippen LogP contribution in [-0.4, -0.2) is 5.11 Å². The van der Waals surface area contributed by atoms with E-state index in [0.717, 1.165) is 23.3 Å². The minimum atomic E-state index is -1.54. The van der Waals surface area contributed by atoms with Gasteiger partial charge in [-0.1, -0.05) is 30.3 Å². The molecule has 3 rings (SSSR count). The molecule has 98 valence electrons. The molecule has 0 bridgehead atoms. The highest BCUT2D eigenvalue weighted by Gasteiger charge is 2.39. The van der Waals surface area contributed by atoms with E-state index < -0.39 is 23.1 Å². The van der Waals surface area contributed by atoms with Crippen molar-refractivity contribution in [3.63, 3.8) is 0 Å². The highest BCUT2D eigenvalue weighted by atomic mass is 19.2. The molecular formula is C15H11F3O. The SMILES string of the molecule is OC1(c2ccc(F)c(F)c2F)Cc2ccccc2C1. The zero-order chi connectivity index (χ0) is 13.6. The number of hydrogen-bond acceptors (Lipinski definition) is 1. The van der Waals surface area contributed by atoms with Crippen LogP contribution in [0.3, 0.4) is 0 Å². The van der Waals surface area contributed by atoms with Crippen molar-refractivity contribution in [3.05, 3.63) is 70.5 Å². The second kappa shape index (κ2) is 4.10. The van der Waals surface area contributed by atoms with Gasteiger partial charge in [-0.15, -0.1) is 0 Å². The van der Waals surface area contributed by atoms with Crippen molar-refractivity contribution < 1.29 is 18.3 Å². The number of benzene rings is 2. The molecule has 0 amide bonds. The van der Waals surface area contributed by atoms with Crippen LogP contribution >= 0.6 is 0 Å². The Kier molecular flexibility index (Phi) is 2.64. The van der Waals surface area contributed by atoms with Crippen molar-refractivity contribution >= 4 is 0 Å². The average Bonchev–Trinajstić information content (AvgIpc) is 2.73. The predicted octanol–water partition coefficient (Wildman–Crippen LogP) is 3.09. The number of rotatable bonds is 1. The van der Waals surface area contributed by atoms with Gasteiger partial charge in [0.05, 0.1) is 0 Å². The van der Waals surface area contributed by atoms with Gasteiger partial charge < -0.3 is 5.11 Å². The quantitative estimate of drug-likeness (QED) is 0.785. The lowest BCUT2D eigenvalue weighted by molar-refractivity contribution is 0.0435. The summed E-state index contributed by atoms with van der Waals surface area (Å²) in [5.74, 6) is -4.10. The fourth-order valence-electron chi connectivity index (χ4n) is 2.67. The first-order valence-electron chi connectivity index (χ1n) is 5.94. The molecule has 0 fully saturated rings. The molecule has 1 N–H and O–H groups in total. The largest absolute Gasteiger partial charge is 0.384 e. The van der Waals surface area contributed by atoms with Crippen molar-refractivity contribution in [1.29, 1.82) is 0 Å². The van der Waals surface area contributed by atoms with Crippen molar-refractivity contribution in [1.82, 2.24) is 0 Å². The number of halogens is 3. The molecule has 0 unspecified atom stereocenters. The highest BCUT2D eigenvalue weighted by molar-refractivity contribution is 5.40. The molecule has 2 aromatic rings. The van der Waals surface area contributed by atoms with Crippen LogP contribution in [0.2, 0.25) is 0 Å². The van der Waals surface area contributed by atoms with E-state index in [9.17, 15) is 18.3 Å². The van der Waals surface area contributed by atoms with Crippen LogP contribution in [0, 0.1) is 17.5 Å². The van der Waals surface area contributed by atoms with Gasteiger partial charge in [0.15, 0.2) is 17.5 Å². The second-order valence-electron chi connectivity index (χ2n) is 4.88. The predicted molar refractivity (Wildman–Crippen MR) is 64.1 cm³/mol. The number of fused-ring (bicyclic) bond motifs is 1. The molecule has 0 heterocycles. The van der Waals surface area contributed by atoms with Crippen LogP contribution in [0.1, 0.15) is 16.7 Å². The van der Waals surface area contributed by atoms with E-state index in [1.54, 1.807) is 0 Å². The van der Waals surface area contributed by atoms with Gasteiger partial charge in [0.25, 0.3) is 0 Å². The lowest BCUT2D eigenvalue weighted by atomic mass is 9.90. The Morgan fingerprint density at radius 3 is 2.00 bits per heavy atom. The molecule has 19 heavy (non-hydrogen) atoms. The normalized spacial score (nSPS) is 16.4. The molecule has 0 saturated carbocycles. The van der Waals surface area contributed by atoms with Gasteiger partial charge in [0, 0.05) is 18.4 Å². The molecule has 0 spiro atoms. The third-order valence-corrected chi connectivity index (χ3v) is 3.62. The summed E-state index contributed by atoms with van der Waals surface area (Å²) in [4.78, 5) is 0. The van der Waals surface area contributed by atoms with Gasteiger partial charge in [0.2, 0.25) is 0 Å². The highest BCUT2D eigenvalue weighted by Crippen LogP contribution is 2.39. The molecule has 1 aliphatic rings. The Bertz CT molecular complexity index is 627. The maximum Gasteiger partial charge on any atom is 0.194 e. The fourth-order valence-corrected chi connectivity index (χ4v) is 2.67. The standard InChI is InChI=1S/C15H11F3O/c16-12-6-5-11(13(17)14(12)18)15(19)7-9-3-1-2-4-10(9)8-15/h1-6,19H,7-8H2. The molecule has 2 aromatic carbocycles. The molecule has 0 atom stereocenters. The molecular weight excluding hydrogens is 253 g/mol. The molecule has 0 radical (unpaired) electrons. The lowest BCUT2D eigenvalue weighted by Crippen LogP contribution is -2.28. The molecule has 0 saturated heterocycles. The van der Waals surface area contributed by atoms with E-state index in [4.69, 9.17) is 0 Å². The topological polar surface area (TPSA) is 20.2 Å². The first-order chi connectivity index (χ1) is 9.01. The minimum Gasteiger partial charge on any atom is -0.384 e. The van der Waals surface area contributed by atoms with E-state index in [-0.39, 0.29) is 18.4 Å². The molecule has 0 aromatic heterocycles. The lowest BCUT2D eigenvalue weighted by Gasteiger charge is -2.23. The summed E-state index contributed by atoms with van der Waals surface area (Å²) in [6.45, 7) is 0. The van der Waals surface area contributed by atoms with Crippen LogP contribution in [0.25, 0.3) is 0 Å². The third-order valence-electron chi connectivity index (χ3n) is 3.62. The van der Waals surface area contributed by atoms with Crippen LogP contribution in [0.4, 0.5) is 13.2 Å². The zero-order valence-electron chi connectivity index (χ0n) is 9.96. The maximum atomic E-state index is 13.8. The second-order valence-corrected chi connectivity index (χ2v) is 4.88. The Balaban J connectivity index is 2.07. The van der Waals surface area contributed by atoms with Gasteiger partial charge >= 0.3 is 0 Å². The van der Waals surface area contributed by atoms with Crippen LogP contribution in [0.5, 0.6) is 0 Å². The fraction of sp³-hybridized carbons (Fsp3) is 0.200. The molecule has 4 heteroatoms. The molecule has 1 aliphatic carbocycles. The van der Waals surface area contributed by atoms with E-state index in [1.807, 2.05) is 24.3 Å². The first kappa shape index (κ1) is 12.2.